The first-order chi connectivity index (χ1) is 12.4. The van der Waals surface area contributed by atoms with E-state index in [0.717, 1.165) is 17.5 Å². The van der Waals surface area contributed by atoms with Crippen molar-refractivity contribution in [2.45, 2.75) is 13.1 Å². The van der Waals surface area contributed by atoms with Crippen molar-refractivity contribution in [1.29, 1.82) is 0 Å². The number of halogens is 3. The van der Waals surface area contributed by atoms with Gasteiger partial charge in [0, 0.05) is 32.2 Å². The minimum atomic E-state index is -4.48. The van der Waals surface area contributed by atoms with Crippen molar-refractivity contribution in [3.8, 4) is 0 Å². The zero-order chi connectivity index (χ0) is 18.3. The van der Waals surface area contributed by atoms with Crippen molar-refractivity contribution in [1.82, 2.24) is 24.6 Å². The third-order valence-corrected chi connectivity index (χ3v) is 4.35. The van der Waals surface area contributed by atoms with E-state index in [-0.39, 0.29) is 5.82 Å². The molecule has 0 radical (unpaired) electrons. The second-order valence-corrected chi connectivity index (χ2v) is 6.07. The average Bonchev–Trinajstić information content (AvgIpc) is 3.09. The summed E-state index contributed by atoms with van der Waals surface area (Å²) in [6.07, 6.45) is -2.82. The summed E-state index contributed by atoms with van der Waals surface area (Å²) in [6, 6.07) is 6.77. The standard InChI is InChI=1S/C16H16F3N7/c1-11-21-12(16(17,18)19)9-14(22-11)24-5-7-25(8-6-24)15-4-2-3-13-23-20-10-26(13)15/h2-4,9-10H,5-8H2,1H3. The number of pyridine rings is 1. The summed E-state index contributed by atoms with van der Waals surface area (Å²) in [6.45, 7) is 3.91. The van der Waals surface area contributed by atoms with Crippen LogP contribution in [0.3, 0.4) is 0 Å². The number of hydrogen-bond acceptors (Lipinski definition) is 6. The van der Waals surface area contributed by atoms with E-state index in [1.54, 1.807) is 6.33 Å². The van der Waals surface area contributed by atoms with E-state index in [1.165, 1.54) is 6.92 Å². The van der Waals surface area contributed by atoms with Crippen LogP contribution in [0, 0.1) is 6.92 Å². The summed E-state index contributed by atoms with van der Waals surface area (Å²) >= 11 is 0. The minimum absolute atomic E-state index is 0.117. The predicted octanol–water partition coefficient (Wildman–Crippen LogP) is 2.17. The van der Waals surface area contributed by atoms with Crippen LogP contribution in [0.1, 0.15) is 11.5 Å². The maximum absolute atomic E-state index is 13.0. The van der Waals surface area contributed by atoms with Gasteiger partial charge in [-0.3, -0.25) is 4.40 Å². The molecule has 136 valence electrons. The lowest BCUT2D eigenvalue weighted by Crippen LogP contribution is -2.47. The topological polar surface area (TPSA) is 62.5 Å². The highest BCUT2D eigenvalue weighted by Gasteiger charge is 2.34. The van der Waals surface area contributed by atoms with E-state index in [2.05, 4.69) is 25.1 Å². The number of aryl methyl sites for hydroxylation is 1. The molecule has 0 N–H and O–H groups in total. The fourth-order valence-electron chi connectivity index (χ4n) is 3.12. The number of hydrogen-bond donors (Lipinski definition) is 0. The van der Waals surface area contributed by atoms with Crippen molar-refractivity contribution in [3.63, 3.8) is 0 Å². The molecule has 0 spiro atoms. The molecular formula is C16H16F3N7. The number of aromatic nitrogens is 5. The maximum atomic E-state index is 13.0. The van der Waals surface area contributed by atoms with Gasteiger partial charge in [0.05, 0.1) is 0 Å². The molecule has 0 unspecified atom stereocenters. The molecule has 1 aliphatic heterocycles. The van der Waals surface area contributed by atoms with Crippen molar-refractivity contribution in [2.24, 2.45) is 0 Å². The highest BCUT2D eigenvalue weighted by molar-refractivity contribution is 5.52. The van der Waals surface area contributed by atoms with Crippen molar-refractivity contribution in [3.05, 3.63) is 42.1 Å². The molecule has 0 aliphatic carbocycles. The Bertz CT molecular complexity index is 929. The van der Waals surface area contributed by atoms with Crippen LogP contribution in [0.15, 0.2) is 30.6 Å². The SMILES string of the molecule is Cc1nc(N2CCN(c3cccc4nncn34)CC2)cc(C(F)(F)F)n1. The van der Waals surface area contributed by atoms with E-state index in [0.29, 0.717) is 32.0 Å². The van der Waals surface area contributed by atoms with Gasteiger partial charge in [0.15, 0.2) is 5.65 Å². The molecule has 1 saturated heterocycles. The number of fused-ring (bicyclic) bond motifs is 1. The highest BCUT2D eigenvalue weighted by Crippen LogP contribution is 2.30. The van der Waals surface area contributed by atoms with Crippen LogP contribution in [0.25, 0.3) is 5.65 Å². The summed E-state index contributed by atoms with van der Waals surface area (Å²) in [7, 11) is 0. The van der Waals surface area contributed by atoms with Gasteiger partial charge in [0.2, 0.25) is 0 Å². The van der Waals surface area contributed by atoms with Crippen molar-refractivity contribution in [2.75, 3.05) is 36.0 Å². The molecule has 4 heterocycles. The zero-order valence-electron chi connectivity index (χ0n) is 14.0. The molecule has 1 fully saturated rings. The van der Waals surface area contributed by atoms with Crippen LogP contribution in [0.2, 0.25) is 0 Å². The van der Waals surface area contributed by atoms with Crippen LogP contribution in [0.5, 0.6) is 0 Å². The van der Waals surface area contributed by atoms with Gasteiger partial charge in [-0.25, -0.2) is 9.97 Å². The average molecular weight is 363 g/mol. The van der Waals surface area contributed by atoms with Crippen LogP contribution in [0.4, 0.5) is 24.8 Å². The summed E-state index contributed by atoms with van der Waals surface area (Å²) in [5, 5.41) is 7.95. The molecule has 3 aromatic heterocycles. The van der Waals surface area contributed by atoms with E-state index in [1.807, 2.05) is 27.5 Å². The molecule has 0 bridgehead atoms. The van der Waals surface area contributed by atoms with Crippen molar-refractivity contribution < 1.29 is 13.2 Å². The molecule has 0 aromatic carbocycles. The van der Waals surface area contributed by atoms with Crippen molar-refractivity contribution >= 4 is 17.3 Å². The minimum Gasteiger partial charge on any atom is -0.354 e. The maximum Gasteiger partial charge on any atom is 0.433 e. The van der Waals surface area contributed by atoms with Gasteiger partial charge >= 0.3 is 6.18 Å². The van der Waals surface area contributed by atoms with Crippen LogP contribution >= 0.6 is 0 Å². The Morgan fingerprint density at radius 1 is 1.00 bits per heavy atom. The second-order valence-electron chi connectivity index (χ2n) is 6.07. The number of anilines is 2. The van der Waals surface area contributed by atoms with Crippen LogP contribution in [-0.4, -0.2) is 50.7 Å². The van der Waals surface area contributed by atoms with E-state index < -0.39 is 11.9 Å². The first-order valence-corrected chi connectivity index (χ1v) is 8.13. The van der Waals surface area contributed by atoms with Gasteiger partial charge < -0.3 is 9.80 Å². The van der Waals surface area contributed by atoms with Crippen LogP contribution < -0.4 is 9.80 Å². The number of rotatable bonds is 2. The Hall–Kier alpha value is -2.91. The molecule has 1 aliphatic rings. The first kappa shape index (κ1) is 16.6. The summed E-state index contributed by atoms with van der Waals surface area (Å²) in [5.41, 5.74) is -0.150. The predicted molar refractivity (Wildman–Crippen MR) is 89.2 cm³/mol. The lowest BCUT2D eigenvalue weighted by molar-refractivity contribution is -0.141. The Kier molecular flexibility index (Phi) is 3.89. The lowest BCUT2D eigenvalue weighted by Gasteiger charge is -2.36. The monoisotopic (exact) mass is 363 g/mol. The quantitative estimate of drug-likeness (QED) is 0.695. The molecule has 10 heteroatoms. The molecule has 0 atom stereocenters. The highest BCUT2D eigenvalue weighted by atomic mass is 19.4. The number of piperazine rings is 1. The third-order valence-electron chi connectivity index (χ3n) is 4.35. The van der Waals surface area contributed by atoms with E-state index in [9.17, 15) is 13.2 Å². The van der Waals surface area contributed by atoms with Gasteiger partial charge in [0.1, 0.15) is 29.5 Å². The molecule has 4 rings (SSSR count). The number of alkyl halides is 3. The summed E-state index contributed by atoms with van der Waals surface area (Å²) in [5.74, 6) is 1.39. The number of nitrogens with zero attached hydrogens (tertiary/aromatic N) is 7. The molecule has 0 amide bonds. The molecule has 26 heavy (non-hydrogen) atoms. The molecule has 3 aromatic rings. The van der Waals surface area contributed by atoms with Crippen LogP contribution in [-0.2, 0) is 6.18 Å². The molecule has 7 nitrogen and oxygen atoms in total. The third kappa shape index (κ3) is 3.02. The van der Waals surface area contributed by atoms with Gasteiger partial charge in [-0.15, -0.1) is 10.2 Å². The van der Waals surface area contributed by atoms with Gasteiger partial charge in [-0.2, -0.15) is 13.2 Å². The zero-order valence-corrected chi connectivity index (χ0v) is 14.0. The molecular weight excluding hydrogens is 347 g/mol. The second kappa shape index (κ2) is 6.11. The summed E-state index contributed by atoms with van der Waals surface area (Å²) in [4.78, 5) is 11.7. The Balaban J connectivity index is 1.54. The van der Waals surface area contributed by atoms with Gasteiger partial charge in [0.25, 0.3) is 0 Å². The van der Waals surface area contributed by atoms with Gasteiger partial charge in [-0.05, 0) is 19.1 Å². The van der Waals surface area contributed by atoms with E-state index in [4.69, 9.17) is 0 Å². The normalized spacial score (nSPS) is 15.7. The fourth-order valence-corrected chi connectivity index (χ4v) is 3.12. The summed E-state index contributed by atoms with van der Waals surface area (Å²) < 4.78 is 40.8. The van der Waals surface area contributed by atoms with E-state index >= 15 is 0 Å². The Labute approximate surface area is 147 Å². The Morgan fingerprint density at radius 3 is 2.46 bits per heavy atom. The first-order valence-electron chi connectivity index (χ1n) is 8.13. The van der Waals surface area contributed by atoms with Gasteiger partial charge in [-0.1, -0.05) is 6.07 Å². The molecule has 0 saturated carbocycles. The fraction of sp³-hybridized carbons (Fsp3) is 0.375. The Morgan fingerprint density at radius 2 is 1.73 bits per heavy atom. The largest absolute Gasteiger partial charge is 0.433 e. The smallest absolute Gasteiger partial charge is 0.354 e. The lowest BCUT2D eigenvalue weighted by atomic mass is 10.2.